The Kier molecular flexibility index (Phi) is 7.79. The van der Waals surface area contributed by atoms with Crippen molar-refractivity contribution in [3.05, 3.63) is 70.8 Å². The van der Waals surface area contributed by atoms with E-state index in [2.05, 4.69) is 34.2 Å². The van der Waals surface area contributed by atoms with Crippen molar-refractivity contribution in [2.24, 2.45) is 0 Å². The van der Waals surface area contributed by atoms with Crippen molar-refractivity contribution in [3.63, 3.8) is 0 Å². The van der Waals surface area contributed by atoms with E-state index in [0.29, 0.717) is 5.56 Å². The van der Waals surface area contributed by atoms with E-state index in [4.69, 9.17) is 5.21 Å². The molecule has 0 aliphatic carbocycles. The largest absolute Gasteiger partial charge is 0.391 e. The molecule has 2 aromatic rings. The van der Waals surface area contributed by atoms with Crippen LogP contribution in [0.1, 0.15) is 46.8 Å². The number of rotatable bonds is 6. The van der Waals surface area contributed by atoms with Gasteiger partial charge >= 0.3 is 0 Å². The second kappa shape index (κ2) is 10.7. The fraction of sp³-hybridized carbons (Fsp3) is 0.333. The van der Waals surface area contributed by atoms with Gasteiger partial charge in [-0.15, -0.1) is 0 Å². The van der Waals surface area contributed by atoms with Crippen LogP contribution < -0.4 is 10.8 Å². The average Bonchev–Trinajstić information content (AvgIpc) is 3.29. The van der Waals surface area contributed by atoms with E-state index in [1.165, 1.54) is 43.9 Å². The first-order valence-electron chi connectivity index (χ1n) is 10.3. The van der Waals surface area contributed by atoms with Crippen LogP contribution in [0.5, 0.6) is 0 Å². The van der Waals surface area contributed by atoms with Crippen LogP contribution in [-0.4, -0.2) is 52.3 Å². The topological polar surface area (TPSA) is 102 Å². The molecule has 0 unspecified atom stereocenters. The van der Waals surface area contributed by atoms with Crippen LogP contribution in [0.25, 0.3) is 0 Å². The number of aliphatic hydroxyl groups is 1. The zero-order valence-electron chi connectivity index (χ0n) is 17.5. The molecular formula is C24H27N3O4. The van der Waals surface area contributed by atoms with E-state index in [0.717, 1.165) is 17.7 Å². The van der Waals surface area contributed by atoms with Crippen LogP contribution in [0.3, 0.4) is 0 Å². The SMILES string of the molecule is C[C@@H](O)[C@H](NC(=O)c1ccc(C#Cc2ccc(CN3CCCC3)cc2)cc1)C(=O)NO. The summed E-state index contributed by atoms with van der Waals surface area (Å²) in [6.07, 6.45) is 1.40. The van der Waals surface area contributed by atoms with Gasteiger partial charge in [0.2, 0.25) is 0 Å². The molecule has 7 heteroatoms. The number of amides is 2. The first kappa shape index (κ1) is 22.5. The third kappa shape index (κ3) is 6.40. The maximum absolute atomic E-state index is 12.3. The molecule has 4 N–H and O–H groups in total. The minimum absolute atomic E-state index is 0.313. The number of carbonyl (C=O) groups excluding carboxylic acids is 2. The second-order valence-electron chi connectivity index (χ2n) is 7.68. The standard InChI is InChI=1S/C24H27N3O4/c1-17(28)22(24(30)26-31)25-23(29)21-12-10-19(11-13-21)5-4-18-6-8-20(9-7-18)16-27-14-2-3-15-27/h6-13,17,22,28,31H,2-3,14-16H2,1H3,(H,25,29)(H,26,30)/t17-,22+/m1/s1. The minimum atomic E-state index is -1.26. The number of benzene rings is 2. The summed E-state index contributed by atoms with van der Waals surface area (Å²) in [7, 11) is 0. The molecule has 3 rings (SSSR count). The number of hydroxylamine groups is 1. The fourth-order valence-corrected chi connectivity index (χ4v) is 3.44. The van der Waals surface area contributed by atoms with E-state index < -0.39 is 24.0 Å². The van der Waals surface area contributed by atoms with Gasteiger partial charge in [0, 0.05) is 23.2 Å². The van der Waals surface area contributed by atoms with Crippen molar-refractivity contribution in [2.45, 2.75) is 38.5 Å². The van der Waals surface area contributed by atoms with Gasteiger partial charge in [-0.2, -0.15) is 0 Å². The van der Waals surface area contributed by atoms with Gasteiger partial charge in [0.05, 0.1) is 6.10 Å². The van der Waals surface area contributed by atoms with Crippen LogP contribution in [-0.2, 0) is 11.3 Å². The van der Waals surface area contributed by atoms with Crippen molar-refractivity contribution in [3.8, 4) is 11.8 Å². The number of hydrogen-bond donors (Lipinski definition) is 4. The number of carbonyl (C=O) groups is 2. The zero-order chi connectivity index (χ0) is 22.2. The highest BCUT2D eigenvalue weighted by atomic mass is 16.5. The summed E-state index contributed by atoms with van der Waals surface area (Å²) >= 11 is 0. The summed E-state index contributed by atoms with van der Waals surface area (Å²) in [5.41, 5.74) is 4.70. The molecule has 1 aliphatic heterocycles. The third-order valence-electron chi connectivity index (χ3n) is 5.22. The number of hydrogen-bond acceptors (Lipinski definition) is 5. The minimum Gasteiger partial charge on any atom is -0.391 e. The summed E-state index contributed by atoms with van der Waals surface area (Å²) in [4.78, 5) is 26.3. The van der Waals surface area contributed by atoms with Crippen molar-refractivity contribution in [1.29, 1.82) is 0 Å². The summed E-state index contributed by atoms with van der Waals surface area (Å²) in [5.74, 6) is 4.77. The van der Waals surface area contributed by atoms with Crippen LogP contribution >= 0.6 is 0 Å². The van der Waals surface area contributed by atoms with Crippen LogP contribution in [0, 0.1) is 11.8 Å². The number of nitrogens with one attached hydrogen (secondary N) is 2. The molecule has 0 spiro atoms. The Balaban J connectivity index is 1.60. The predicted octanol–water partition coefficient (Wildman–Crippen LogP) is 1.67. The normalized spacial score (nSPS) is 15.5. The molecule has 31 heavy (non-hydrogen) atoms. The summed E-state index contributed by atoms with van der Waals surface area (Å²) in [6.45, 7) is 4.67. The molecule has 2 atom stereocenters. The van der Waals surface area contributed by atoms with E-state index in [-0.39, 0.29) is 0 Å². The predicted molar refractivity (Wildman–Crippen MR) is 116 cm³/mol. The molecule has 1 saturated heterocycles. The van der Waals surface area contributed by atoms with Gasteiger partial charge in [0.25, 0.3) is 11.8 Å². The molecule has 1 aliphatic rings. The molecule has 2 aromatic carbocycles. The third-order valence-corrected chi connectivity index (χ3v) is 5.22. The van der Waals surface area contributed by atoms with Crippen molar-refractivity contribution >= 4 is 11.8 Å². The number of aliphatic hydroxyl groups excluding tert-OH is 1. The molecule has 0 saturated carbocycles. The molecule has 0 radical (unpaired) electrons. The highest BCUT2D eigenvalue weighted by Crippen LogP contribution is 2.13. The molecule has 0 bridgehead atoms. The molecule has 7 nitrogen and oxygen atoms in total. The Labute approximate surface area is 182 Å². The summed E-state index contributed by atoms with van der Waals surface area (Å²) < 4.78 is 0. The molecular weight excluding hydrogens is 394 g/mol. The first-order valence-corrected chi connectivity index (χ1v) is 10.3. The maximum atomic E-state index is 12.3. The Bertz CT molecular complexity index is 953. The molecule has 2 amide bonds. The Morgan fingerprint density at radius 2 is 1.55 bits per heavy atom. The van der Waals surface area contributed by atoms with Crippen LogP contribution in [0.2, 0.25) is 0 Å². The van der Waals surface area contributed by atoms with Crippen molar-refractivity contribution < 1.29 is 19.9 Å². The van der Waals surface area contributed by atoms with Crippen LogP contribution in [0.4, 0.5) is 0 Å². The van der Waals surface area contributed by atoms with E-state index >= 15 is 0 Å². The van der Waals surface area contributed by atoms with Gasteiger partial charge in [-0.3, -0.25) is 19.7 Å². The monoisotopic (exact) mass is 421 g/mol. The molecule has 162 valence electrons. The fourth-order valence-electron chi connectivity index (χ4n) is 3.44. The summed E-state index contributed by atoms with van der Waals surface area (Å²) in [5, 5.41) is 20.7. The highest BCUT2D eigenvalue weighted by Gasteiger charge is 2.25. The van der Waals surface area contributed by atoms with Gasteiger partial charge in [-0.25, -0.2) is 5.48 Å². The number of nitrogens with zero attached hydrogens (tertiary/aromatic N) is 1. The van der Waals surface area contributed by atoms with Crippen molar-refractivity contribution in [1.82, 2.24) is 15.7 Å². The quantitative estimate of drug-likeness (QED) is 0.323. The first-order chi connectivity index (χ1) is 15.0. The van der Waals surface area contributed by atoms with Crippen LogP contribution in [0.15, 0.2) is 48.5 Å². The molecule has 1 fully saturated rings. The Morgan fingerprint density at radius 3 is 2.06 bits per heavy atom. The van der Waals surface area contributed by atoms with Gasteiger partial charge in [0.1, 0.15) is 6.04 Å². The van der Waals surface area contributed by atoms with Gasteiger partial charge < -0.3 is 10.4 Å². The van der Waals surface area contributed by atoms with Gasteiger partial charge in [-0.1, -0.05) is 24.0 Å². The van der Waals surface area contributed by atoms with Gasteiger partial charge in [-0.05, 0) is 74.8 Å². The smallest absolute Gasteiger partial charge is 0.268 e. The maximum Gasteiger partial charge on any atom is 0.268 e. The van der Waals surface area contributed by atoms with Crippen molar-refractivity contribution in [2.75, 3.05) is 13.1 Å². The average molecular weight is 421 g/mol. The molecule has 0 aromatic heterocycles. The zero-order valence-corrected chi connectivity index (χ0v) is 17.5. The van der Waals surface area contributed by atoms with Gasteiger partial charge in [0.15, 0.2) is 0 Å². The lowest BCUT2D eigenvalue weighted by molar-refractivity contribution is -0.133. The van der Waals surface area contributed by atoms with E-state index in [9.17, 15) is 14.7 Å². The second-order valence-corrected chi connectivity index (χ2v) is 7.68. The van der Waals surface area contributed by atoms with E-state index in [1.807, 2.05) is 12.1 Å². The Morgan fingerprint density at radius 1 is 1.00 bits per heavy atom. The summed E-state index contributed by atoms with van der Waals surface area (Å²) in [6, 6.07) is 13.6. The lowest BCUT2D eigenvalue weighted by Crippen LogP contribution is -2.51. The lowest BCUT2D eigenvalue weighted by atomic mass is 10.1. The van der Waals surface area contributed by atoms with E-state index in [1.54, 1.807) is 24.3 Å². The lowest BCUT2D eigenvalue weighted by Gasteiger charge is -2.19. The Hall–Kier alpha value is -3.18. The molecule has 1 heterocycles. The number of likely N-dealkylation sites (tertiary alicyclic amines) is 1. The highest BCUT2D eigenvalue weighted by molar-refractivity contribution is 5.97.